The van der Waals surface area contributed by atoms with Crippen molar-refractivity contribution in [3.05, 3.63) is 23.1 Å². The van der Waals surface area contributed by atoms with Crippen molar-refractivity contribution >= 4 is 29.1 Å². The fourth-order valence-corrected chi connectivity index (χ4v) is 1.49. The third kappa shape index (κ3) is 4.14. The first kappa shape index (κ1) is 12.4. The van der Waals surface area contributed by atoms with Crippen LogP contribution >= 0.6 is 23.2 Å². The van der Waals surface area contributed by atoms with E-state index in [4.69, 9.17) is 27.6 Å². The number of halogens is 2. The van der Waals surface area contributed by atoms with Crippen molar-refractivity contribution in [1.82, 2.24) is 5.32 Å². The van der Waals surface area contributed by atoms with Crippen molar-refractivity contribution in [1.29, 1.82) is 0 Å². The number of rotatable bonds is 5. The molecule has 15 heavy (non-hydrogen) atoms. The Morgan fingerprint density at radius 3 is 2.87 bits per heavy atom. The van der Waals surface area contributed by atoms with Crippen molar-refractivity contribution in [2.45, 2.75) is 25.8 Å². The molecule has 0 bridgehead atoms. The minimum atomic E-state index is -0.246. The zero-order chi connectivity index (χ0) is 11.3. The molecule has 0 saturated heterocycles. The van der Waals surface area contributed by atoms with Crippen LogP contribution in [0.2, 0.25) is 5.22 Å². The van der Waals surface area contributed by atoms with Crippen LogP contribution in [0.4, 0.5) is 0 Å². The van der Waals surface area contributed by atoms with Gasteiger partial charge in [-0.15, -0.1) is 11.6 Å². The number of hydrogen-bond acceptors (Lipinski definition) is 2. The predicted molar refractivity (Wildman–Crippen MR) is 60.6 cm³/mol. The van der Waals surface area contributed by atoms with Gasteiger partial charge in [-0.1, -0.05) is 0 Å². The monoisotopic (exact) mass is 249 g/mol. The third-order valence-corrected chi connectivity index (χ3v) is 2.42. The van der Waals surface area contributed by atoms with Crippen molar-refractivity contribution in [3.8, 4) is 0 Å². The van der Waals surface area contributed by atoms with Crippen LogP contribution in [0.3, 0.4) is 0 Å². The Morgan fingerprint density at radius 2 is 2.33 bits per heavy atom. The van der Waals surface area contributed by atoms with E-state index in [-0.39, 0.29) is 22.9 Å². The van der Waals surface area contributed by atoms with Gasteiger partial charge in [-0.25, -0.2) is 0 Å². The molecule has 1 unspecified atom stereocenters. The highest BCUT2D eigenvalue weighted by Crippen LogP contribution is 2.13. The molecule has 0 saturated carbocycles. The van der Waals surface area contributed by atoms with Crippen LogP contribution in [-0.4, -0.2) is 17.8 Å². The van der Waals surface area contributed by atoms with Gasteiger partial charge in [0.1, 0.15) is 0 Å². The minimum absolute atomic E-state index is 0.0834. The van der Waals surface area contributed by atoms with Crippen LogP contribution in [-0.2, 0) is 0 Å². The molecule has 1 rings (SSSR count). The lowest BCUT2D eigenvalue weighted by Gasteiger charge is -2.11. The molecule has 5 heteroatoms. The fraction of sp³-hybridized carbons (Fsp3) is 0.500. The number of alkyl halides is 1. The molecule has 0 radical (unpaired) electrons. The lowest BCUT2D eigenvalue weighted by atomic mass is 10.2. The Morgan fingerprint density at radius 1 is 1.60 bits per heavy atom. The van der Waals surface area contributed by atoms with Crippen LogP contribution in [0.25, 0.3) is 0 Å². The van der Waals surface area contributed by atoms with Gasteiger partial charge in [0.2, 0.25) is 0 Å². The number of furan rings is 1. The molecule has 0 aliphatic heterocycles. The van der Waals surface area contributed by atoms with Gasteiger partial charge in [0.25, 0.3) is 5.91 Å². The van der Waals surface area contributed by atoms with E-state index in [0.717, 1.165) is 12.8 Å². The Hall–Kier alpha value is -0.670. The van der Waals surface area contributed by atoms with Crippen molar-refractivity contribution in [2.24, 2.45) is 0 Å². The average molecular weight is 250 g/mol. The normalized spacial score (nSPS) is 12.5. The van der Waals surface area contributed by atoms with Crippen LogP contribution < -0.4 is 5.32 Å². The Balaban J connectivity index is 2.42. The summed E-state index contributed by atoms with van der Waals surface area (Å²) in [7, 11) is 0. The van der Waals surface area contributed by atoms with Gasteiger partial charge >= 0.3 is 0 Å². The van der Waals surface area contributed by atoms with Crippen molar-refractivity contribution in [3.63, 3.8) is 0 Å². The predicted octanol–water partition coefficient (Wildman–Crippen LogP) is 3.07. The minimum Gasteiger partial charge on any atom is -0.440 e. The molecule has 84 valence electrons. The number of amides is 1. The summed E-state index contributed by atoms with van der Waals surface area (Å²) >= 11 is 11.1. The molecule has 1 atom stereocenters. The highest BCUT2D eigenvalue weighted by molar-refractivity contribution is 6.29. The van der Waals surface area contributed by atoms with E-state index in [1.807, 2.05) is 6.92 Å². The average Bonchev–Trinajstić information content (AvgIpc) is 2.61. The molecular formula is C10H13Cl2NO2. The van der Waals surface area contributed by atoms with E-state index < -0.39 is 0 Å². The van der Waals surface area contributed by atoms with Gasteiger partial charge < -0.3 is 9.73 Å². The van der Waals surface area contributed by atoms with Gasteiger partial charge in [-0.3, -0.25) is 4.79 Å². The highest BCUT2D eigenvalue weighted by Gasteiger charge is 2.12. The summed E-state index contributed by atoms with van der Waals surface area (Å²) in [4.78, 5) is 11.5. The summed E-state index contributed by atoms with van der Waals surface area (Å²) < 4.78 is 4.98. The van der Waals surface area contributed by atoms with Gasteiger partial charge in [0.05, 0.1) is 0 Å². The Kier molecular flexibility index (Phi) is 4.99. The summed E-state index contributed by atoms with van der Waals surface area (Å²) in [5.41, 5.74) is 0. The molecule has 1 aromatic heterocycles. The number of nitrogens with one attached hydrogen (secondary N) is 1. The van der Waals surface area contributed by atoms with Gasteiger partial charge in [0.15, 0.2) is 11.0 Å². The first-order chi connectivity index (χ1) is 7.13. The molecule has 0 fully saturated rings. The molecular weight excluding hydrogens is 237 g/mol. The molecule has 1 aromatic rings. The third-order valence-electron chi connectivity index (χ3n) is 1.95. The van der Waals surface area contributed by atoms with Crippen LogP contribution in [0, 0.1) is 0 Å². The maximum atomic E-state index is 11.5. The van der Waals surface area contributed by atoms with Gasteiger partial charge in [-0.05, 0) is 43.5 Å². The Bertz CT molecular complexity index is 325. The largest absolute Gasteiger partial charge is 0.440 e. The molecule has 0 aliphatic rings. The molecule has 1 heterocycles. The van der Waals surface area contributed by atoms with Crippen LogP contribution in [0.15, 0.2) is 16.5 Å². The first-order valence-corrected chi connectivity index (χ1v) is 5.67. The maximum absolute atomic E-state index is 11.5. The summed E-state index contributed by atoms with van der Waals surface area (Å²) in [6, 6.07) is 3.17. The van der Waals surface area contributed by atoms with E-state index in [2.05, 4.69) is 5.32 Å². The maximum Gasteiger partial charge on any atom is 0.287 e. The fourth-order valence-electron chi connectivity index (χ4n) is 1.19. The van der Waals surface area contributed by atoms with E-state index in [1.165, 1.54) is 0 Å². The quantitative estimate of drug-likeness (QED) is 0.816. The van der Waals surface area contributed by atoms with Crippen LogP contribution in [0.5, 0.6) is 0 Å². The second-order valence-electron chi connectivity index (χ2n) is 3.31. The number of carbonyl (C=O) groups is 1. The SMILES string of the molecule is CC(CCCCl)NC(=O)c1ccc(Cl)o1. The van der Waals surface area contributed by atoms with Crippen molar-refractivity contribution in [2.75, 3.05) is 5.88 Å². The second kappa shape index (κ2) is 6.03. The standard InChI is InChI=1S/C10H13Cl2NO2/c1-7(3-2-6-11)13-10(14)8-4-5-9(12)15-8/h4-5,7H,2-3,6H2,1H3,(H,13,14). The zero-order valence-electron chi connectivity index (χ0n) is 8.43. The molecule has 0 spiro atoms. The van der Waals surface area contributed by atoms with Crippen molar-refractivity contribution < 1.29 is 9.21 Å². The van der Waals surface area contributed by atoms with E-state index in [0.29, 0.717) is 5.88 Å². The summed E-state index contributed by atoms with van der Waals surface area (Å²) in [5, 5.41) is 3.01. The van der Waals surface area contributed by atoms with Gasteiger partial charge in [-0.2, -0.15) is 0 Å². The van der Waals surface area contributed by atoms with Crippen LogP contribution in [0.1, 0.15) is 30.3 Å². The smallest absolute Gasteiger partial charge is 0.287 e. The molecule has 3 nitrogen and oxygen atoms in total. The molecule has 0 aromatic carbocycles. The van der Waals surface area contributed by atoms with Gasteiger partial charge in [0, 0.05) is 11.9 Å². The first-order valence-electron chi connectivity index (χ1n) is 4.75. The number of carbonyl (C=O) groups excluding carboxylic acids is 1. The summed E-state index contributed by atoms with van der Waals surface area (Å²) in [6.45, 7) is 1.93. The highest BCUT2D eigenvalue weighted by atomic mass is 35.5. The summed E-state index contributed by atoms with van der Waals surface area (Å²) in [5.74, 6) is 0.592. The van der Waals surface area contributed by atoms with E-state index >= 15 is 0 Å². The topological polar surface area (TPSA) is 42.2 Å². The lowest BCUT2D eigenvalue weighted by Crippen LogP contribution is -2.32. The molecule has 1 N–H and O–H groups in total. The number of hydrogen-bond donors (Lipinski definition) is 1. The molecule has 0 aliphatic carbocycles. The van der Waals surface area contributed by atoms with E-state index in [9.17, 15) is 4.79 Å². The van der Waals surface area contributed by atoms with E-state index in [1.54, 1.807) is 12.1 Å². The summed E-state index contributed by atoms with van der Waals surface area (Å²) in [6.07, 6.45) is 1.73. The molecule has 1 amide bonds. The lowest BCUT2D eigenvalue weighted by molar-refractivity contribution is 0.0910. The zero-order valence-corrected chi connectivity index (χ0v) is 9.94. The Labute approximate surface area is 98.7 Å². The second-order valence-corrected chi connectivity index (χ2v) is 4.06.